The minimum atomic E-state index is -0.673. The van der Waals surface area contributed by atoms with E-state index in [1.54, 1.807) is 0 Å². The van der Waals surface area contributed by atoms with Gasteiger partial charge in [-0.15, -0.1) is 12.4 Å². The summed E-state index contributed by atoms with van der Waals surface area (Å²) in [5.41, 5.74) is 6.57. The monoisotopic (exact) mass is 257 g/mol. The molecule has 0 aliphatic carbocycles. The van der Waals surface area contributed by atoms with Crippen molar-refractivity contribution in [3.05, 3.63) is 35.9 Å². The fourth-order valence-corrected chi connectivity index (χ4v) is 1.28. The van der Waals surface area contributed by atoms with E-state index in [0.717, 1.165) is 12.0 Å². The highest BCUT2D eigenvalue weighted by molar-refractivity contribution is 5.85. The van der Waals surface area contributed by atoms with Gasteiger partial charge in [0.15, 0.2) is 0 Å². The van der Waals surface area contributed by atoms with Gasteiger partial charge in [-0.3, -0.25) is 0 Å². The Morgan fingerprint density at radius 2 is 1.88 bits per heavy atom. The maximum absolute atomic E-state index is 11.6. The molecule has 0 amide bonds. The maximum atomic E-state index is 11.6. The quantitative estimate of drug-likeness (QED) is 0.826. The molecule has 0 unspecified atom stereocenters. The molecule has 0 spiro atoms. The molecule has 0 bridgehead atoms. The van der Waals surface area contributed by atoms with E-state index < -0.39 is 6.04 Å². The van der Waals surface area contributed by atoms with Crippen LogP contribution in [0.25, 0.3) is 0 Å². The highest BCUT2D eigenvalue weighted by Crippen LogP contribution is 2.11. The Morgan fingerprint density at radius 1 is 1.29 bits per heavy atom. The van der Waals surface area contributed by atoms with Gasteiger partial charge in [0.25, 0.3) is 0 Å². The van der Waals surface area contributed by atoms with Crippen LogP contribution < -0.4 is 5.73 Å². The first-order valence-corrected chi connectivity index (χ1v) is 5.58. The van der Waals surface area contributed by atoms with Crippen molar-refractivity contribution in [2.24, 2.45) is 11.7 Å². The first-order valence-electron chi connectivity index (χ1n) is 5.58. The van der Waals surface area contributed by atoms with E-state index in [2.05, 4.69) is 13.8 Å². The number of halogens is 1. The lowest BCUT2D eigenvalue weighted by Gasteiger charge is -2.12. The molecule has 1 atom stereocenters. The minimum Gasteiger partial charge on any atom is -0.464 e. The zero-order chi connectivity index (χ0) is 12.0. The molecular formula is C13H20ClNO2. The number of benzene rings is 1. The van der Waals surface area contributed by atoms with Crippen LogP contribution in [0.1, 0.15) is 31.9 Å². The summed E-state index contributed by atoms with van der Waals surface area (Å²) in [5, 5.41) is 0. The summed E-state index contributed by atoms with van der Waals surface area (Å²) in [6.07, 6.45) is 0.868. The highest BCUT2D eigenvalue weighted by Gasteiger charge is 2.16. The van der Waals surface area contributed by atoms with Gasteiger partial charge in [-0.2, -0.15) is 0 Å². The fraction of sp³-hybridized carbons (Fsp3) is 0.462. The molecule has 3 nitrogen and oxygen atoms in total. The summed E-state index contributed by atoms with van der Waals surface area (Å²) in [6, 6.07) is 8.59. The summed E-state index contributed by atoms with van der Waals surface area (Å²) >= 11 is 0. The number of carbonyl (C=O) groups excluding carboxylic acids is 1. The van der Waals surface area contributed by atoms with Crippen molar-refractivity contribution in [3.63, 3.8) is 0 Å². The van der Waals surface area contributed by atoms with E-state index in [1.165, 1.54) is 0 Å². The fourth-order valence-electron chi connectivity index (χ4n) is 1.28. The van der Waals surface area contributed by atoms with Crippen molar-refractivity contribution < 1.29 is 9.53 Å². The molecule has 1 rings (SSSR count). The van der Waals surface area contributed by atoms with E-state index in [0.29, 0.717) is 12.5 Å². The second-order valence-corrected chi connectivity index (χ2v) is 4.24. The number of nitrogens with two attached hydrogens (primary N) is 1. The molecule has 0 saturated heterocycles. The molecular weight excluding hydrogens is 238 g/mol. The minimum absolute atomic E-state index is 0. The van der Waals surface area contributed by atoms with Crippen LogP contribution in [0.2, 0.25) is 0 Å². The third-order valence-electron chi connectivity index (χ3n) is 2.35. The van der Waals surface area contributed by atoms with Gasteiger partial charge >= 0.3 is 5.97 Å². The molecule has 17 heavy (non-hydrogen) atoms. The Morgan fingerprint density at radius 3 is 2.41 bits per heavy atom. The SMILES string of the molecule is CC(C)CCOC(=O)[C@@H](N)c1ccccc1.Cl. The van der Waals surface area contributed by atoms with Crippen molar-refractivity contribution >= 4 is 18.4 Å². The van der Waals surface area contributed by atoms with E-state index in [9.17, 15) is 4.79 Å². The Bertz CT molecular complexity index is 327. The van der Waals surface area contributed by atoms with Crippen LogP contribution in [-0.2, 0) is 9.53 Å². The van der Waals surface area contributed by atoms with Gasteiger partial charge < -0.3 is 10.5 Å². The molecule has 2 N–H and O–H groups in total. The summed E-state index contributed by atoms with van der Waals surface area (Å²) in [4.78, 5) is 11.6. The maximum Gasteiger partial charge on any atom is 0.327 e. The first kappa shape index (κ1) is 15.9. The molecule has 0 heterocycles. The molecule has 0 fully saturated rings. The number of esters is 1. The van der Waals surface area contributed by atoms with Crippen molar-refractivity contribution in [1.29, 1.82) is 0 Å². The summed E-state index contributed by atoms with van der Waals surface area (Å²) in [7, 11) is 0. The average molecular weight is 258 g/mol. The number of carbonyl (C=O) groups is 1. The smallest absolute Gasteiger partial charge is 0.327 e. The Balaban J connectivity index is 0.00000256. The molecule has 0 aliphatic rings. The molecule has 0 aliphatic heterocycles. The number of ether oxygens (including phenoxy) is 1. The zero-order valence-corrected chi connectivity index (χ0v) is 11.1. The van der Waals surface area contributed by atoms with Crippen LogP contribution in [0.15, 0.2) is 30.3 Å². The number of hydrogen-bond donors (Lipinski definition) is 1. The molecule has 0 aromatic heterocycles. The van der Waals surface area contributed by atoms with E-state index >= 15 is 0 Å². The van der Waals surface area contributed by atoms with Crippen LogP contribution >= 0.6 is 12.4 Å². The Kier molecular flexibility index (Phi) is 7.59. The van der Waals surface area contributed by atoms with Crippen LogP contribution in [0, 0.1) is 5.92 Å². The van der Waals surface area contributed by atoms with Gasteiger partial charge in [-0.25, -0.2) is 4.79 Å². The number of hydrogen-bond acceptors (Lipinski definition) is 3. The van der Waals surface area contributed by atoms with Crippen molar-refractivity contribution in [2.75, 3.05) is 6.61 Å². The Hall–Kier alpha value is -1.06. The van der Waals surface area contributed by atoms with Crippen LogP contribution in [0.5, 0.6) is 0 Å². The second kappa shape index (κ2) is 8.09. The largest absolute Gasteiger partial charge is 0.464 e. The van der Waals surface area contributed by atoms with Crippen LogP contribution in [0.3, 0.4) is 0 Å². The molecule has 96 valence electrons. The predicted octanol–water partition coefficient (Wildman–Crippen LogP) is 2.70. The highest BCUT2D eigenvalue weighted by atomic mass is 35.5. The number of rotatable bonds is 5. The molecule has 1 aromatic rings. The van der Waals surface area contributed by atoms with Crippen molar-refractivity contribution in [2.45, 2.75) is 26.3 Å². The van der Waals surface area contributed by atoms with Crippen LogP contribution in [0.4, 0.5) is 0 Å². The standard InChI is InChI=1S/C13H19NO2.ClH/c1-10(2)8-9-16-13(15)12(14)11-6-4-3-5-7-11;/h3-7,10,12H,8-9,14H2,1-2H3;1H/t12-;/m0./s1. The van der Waals surface area contributed by atoms with Gasteiger partial charge in [0.2, 0.25) is 0 Å². The summed E-state index contributed by atoms with van der Waals surface area (Å²) < 4.78 is 5.11. The summed E-state index contributed by atoms with van der Waals surface area (Å²) in [6.45, 7) is 4.62. The van der Waals surface area contributed by atoms with Gasteiger partial charge in [-0.05, 0) is 17.9 Å². The van der Waals surface area contributed by atoms with Gasteiger partial charge in [-0.1, -0.05) is 44.2 Å². The van der Waals surface area contributed by atoms with Gasteiger partial charge in [0.1, 0.15) is 6.04 Å². The predicted molar refractivity (Wildman–Crippen MR) is 71.0 cm³/mol. The first-order chi connectivity index (χ1) is 7.61. The Labute approximate surface area is 109 Å². The van der Waals surface area contributed by atoms with E-state index in [4.69, 9.17) is 10.5 Å². The van der Waals surface area contributed by atoms with Crippen LogP contribution in [-0.4, -0.2) is 12.6 Å². The summed E-state index contributed by atoms with van der Waals surface area (Å²) in [5.74, 6) is 0.174. The lowest BCUT2D eigenvalue weighted by atomic mass is 10.1. The average Bonchev–Trinajstić information content (AvgIpc) is 2.28. The topological polar surface area (TPSA) is 52.3 Å². The molecule has 0 saturated carbocycles. The van der Waals surface area contributed by atoms with E-state index in [-0.39, 0.29) is 18.4 Å². The van der Waals surface area contributed by atoms with Crippen molar-refractivity contribution in [3.8, 4) is 0 Å². The third kappa shape index (κ3) is 5.71. The van der Waals surface area contributed by atoms with Gasteiger partial charge in [0.05, 0.1) is 6.61 Å². The second-order valence-electron chi connectivity index (χ2n) is 4.24. The van der Waals surface area contributed by atoms with Gasteiger partial charge in [0, 0.05) is 0 Å². The molecule has 1 aromatic carbocycles. The zero-order valence-electron chi connectivity index (χ0n) is 10.3. The molecule has 0 radical (unpaired) electrons. The van der Waals surface area contributed by atoms with E-state index in [1.807, 2.05) is 30.3 Å². The molecule has 4 heteroatoms. The lowest BCUT2D eigenvalue weighted by Crippen LogP contribution is -2.24. The lowest BCUT2D eigenvalue weighted by molar-refractivity contribution is -0.145. The van der Waals surface area contributed by atoms with Crippen molar-refractivity contribution in [1.82, 2.24) is 0 Å². The third-order valence-corrected chi connectivity index (χ3v) is 2.35. The normalized spacial score (nSPS) is 11.8.